The number of rotatable bonds is 6. The number of hydrogen-bond acceptors (Lipinski definition) is 2. The highest BCUT2D eigenvalue weighted by molar-refractivity contribution is 7.12. The van der Waals surface area contributed by atoms with E-state index in [0.717, 1.165) is 17.8 Å². The van der Waals surface area contributed by atoms with Crippen molar-refractivity contribution in [2.45, 2.75) is 64.3 Å². The number of thiophene rings is 1. The molecule has 0 spiro atoms. The molecule has 3 aliphatic carbocycles. The maximum atomic E-state index is 3.86. The van der Waals surface area contributed by atoms with Gasteiger partial charge in [0, 0.05) is 15.8 Å². The van der Waals surface area contributed by atoms with Crippen molar-refractivity contribution in [2.24, 2.45) is 17.8 Å². The quantitative estimate of drug-likeness (QED) is 0.799. The smallest absolute Gasteiger partial charge is 0.0386 e. The summed E-state index contributed by atoms with van der Waals surface area (Å²) in [6.45, 7) is 3.63. The maximum Gasteiger partial charge on any atom is 0.0386 e. The molecule has 20 heavy (non-hydrogen) atoms. The molecule has 3 aliphatic rings. The Bertz CT molecular complexity index is 434. The highest BCUT2D eigenvalue weighted by Gasteiger charge is 2.41. The summed E-state index contributed by atoms with van der Waals surface area (Å²) in [5, 5.41) is 3.86. The molecule has 2 heteroatoms. The highest BCUT2D eigenvalue weighted by atomic mass is 32.1. The largest absolute Gasteiger partial charge is 0.309 e. The van der Waals surface area contributed by atoms with E-state index in [1.54, 1.807) is 15.3 Å². The van der Waals surface area contributed by atoms with Crippen molar-refractivity contribution in [3.63, 3.8) is 0 Å². The minimum absolute atomic E-state index is 0.561. The van der Waals surface area contributed by atoms with Crippen molar-refractivity contribution < 1.29 is 0 Å². The third-order valence-electron chi connectivity index (χ3n) is 5.56. The molecule has 0 radical (unpaired) electrons. The van der Waals surface area contributed by atoms with E-state index >= 15 is 0 Å². The Hall–Kier alpha value is -0.340. The zero-order valence-electron chi connectivity index (χ0n) is 12.7. The zero-order valence-corrected chi connectivity index (χ0v) is 13.5. The third-order valence-corrected chi connectivity index (χ3v) is 6.98. The van der Waals surface area contributed by atoms with Crippen molar-refractivity contribution in [2.75, 3.05) is 6.54 Å². The van der Waals surface area contributed by atoms with Crippen LogP contribution in [0.15, 0.2) is 6.07 Å². The number of hydrogen-bond donors (Lipinski definition) is 1. The molecule has 1 nitrogen and oxygen atoms in total. The first kappa shape index (κ1) is 13.3. The van der Waals surface area contributed by atoms with E-state index in [-0.39, 0.29) is 0 Å². The van der Waals surface area contributed by atoms with Crippen molar-refractivity contribution in [1.82, 2.24) is 5.32 Å². The van der Waals surface area contributed by atoms with Gasteiger partial charge >= 0.3 is 0 Å². The normalized spacial score (nSPS) is 23.9. The fourth-order valence-electron chi connectivity index (χ4n) is 3.91. The molecule has 1 unspecified atom stereocenters. The molecule has 2 saturated carbocycles. The predicted octanol–water partition coefficient (Wildman–Crippen LogP) is 4.71. The van der Waals surface area contributed by atoms with Crippen LogP contribution in [-0.4, -0.2) is 6.54 Å². The van der Waals surface area contributed by atoms with E-state index in [1.165, 1.54) is 57.9 Å². The fourth-order valence-corrected chi connectivity index (χ4v) is 5.19. The van der Waals surface area contributed by atoms with Gasteiger partial charge in [-0.1, -0.05) is 0 Å². The van der Waals surface area contributed by atoms with Crippen LogP contribution in [0.25, 0.3) is 0 Å². The second-order valence-corrected chi connectivity index (χ2v) is 8.44. The number of aryl methyl sites for hydroxylation is 2. The SMILES string of the molecule is CC(NCC(C1CC1)C1CC1)c1cc2c(s1)CCCC2. The molecule has 110 valence electrons. The Labute approximate surface area is 127 Å². The fraction of sp³-hybridized carbons (Fsp3) is 0.778. The Morgan fingerprint density at radius 3 is 2.50 bits per heavy atom. The summed E-state index contributed by atoms with van der Waals surface area (Å²) < 4.78 is 0. The Balaban J connectivity index is 1.37. The monoisotopic (exact) mass is 289 g/mol. The van der Waals surface area contributed by atoms with Gasteiger partial charge in [0.05, 0.1) is 0 Å². The van der Waals surface area contributed by atoms with Crippen LogP contribution in [0.4, 0.5) is 0 Å². The van der Waals surface area contributed by atoms with E-state index < -0.39 is 0 Å². The van der Waals surface area contributed by atoms with E-state index in [0.29, 0.717) is 6.04 Å². The average molecular weight is 289 g/mol. The predicted molar refractivity (Wildman–Crippen MR) is 86.3 cm³/mol. The van der Waals surface area contributed by atoms with E-state index in [9.17, 15) is 0 Å². The maximum absolute atomic E-state index is 3.86. The summed E-state index contributed by atoms with van der Waals surface area (Å²) in [6.07, 6.45) is 11.5. The van der Waals surface area contributed by atoms with Gasteiger partial charge in [0.2, 0.25) is 0 Å². The first-order chi connectivity index (χ1) is 9.81. The zero-order chi connectivity index (χ0) is 13.5. The molecule has 1 N–H and O–H groups in total. The van der Waals surface area contributed by atoms with E-state index in [2.05, 4.69) is 29.6 Å². The standard InChI is InChI=1S/C18H27NS/c1-12(18-10-15-4-2-3-5-17(15)20-18)19-11-16(13-6-7-13)14-8-9-14/h10,12-14,16,19H,2-9,11H2,1H3. The average Bonchev–Trinajstić information content (AvgIpc) is 3.37. The van der Waals surface area contributed by atoms with Crippen LogP contribution < -0.4 is 5.32 Å². The van der Waals surface area contributed by atoms with Gasteiger partial charge in [-0.05, 0) is 94.2 Å². The van der Waals surface area contributed by atoms with Gasteiger partial charge in [0.15, 0.2) is 0 Å². The molecule has 1 aromatic rings. The van der Waals surface area contributed by atoms with Crippen LogP contribution >= 0.6 is 11.3 Å². The summed E-state index contributed by atoms with van der Waals surface area (Å²) in [7, 11) is 0. The van der Waals surface area contributed by atoms with Crippen molar-refractivity contribution in [3.8, 4) is 0 Å². The molecular weight excluding hydrogens is 262 g/mol. The molecule has 1 atom stereocenters. The molecule has 1 aromatic heterocycles. The first-order valence-corrected chi connectivity index (χ1v) is 9.48. The Morgan fingerprint density at radius 1 is 1.15 bits per heavy atom. The second-order valence-electron chi connectivity index (χ2n) is 7.27. The van der Waals surface area contributed by atoms with Crippen LogP contribution in [0.3, 0.4) is 0 Å². The van der Waals surface area contributed by atoms with Gasteiger partial charge in [-0.3, -0.25) is 0 Å². The molecule has 0 bridgehead atoms. The van der Waals surface area contributed by atoms with Crippen LogP contribution in [0.2, 0.25) is 0 Å². The summed E-state index contributed by atoms with van der Waals surface area (Å²) in [5.41, 5.74) is 1.66. The van der Waals surface area contributed by atoms with Crippen molar-refractivity contribution in [1.29, 1.82) is 0 Å². The minimum atomic E-state index is 0.561. The molecule has 1 heterocycles. The van der Waals surface area contributed by atoms with Crippen LogP contribution in [0, 0.1) is 17.8 Å². The summed E-state index contributed by atoms with van der Waals surface area (Å²) in [5.74, 6) is 3.13. The first-order valence-electron chi connectivity index (χ1n) is 8.66. The lowest BCUT2D eigenvalue weighted by Crippen LogP contribution is -2.27. The van der Waals surface area contributed by atoms with Crippen LogP contribution in [0.1, 0.15) is 66.8 Å². The van der Waals surface area contributed by atoms with Gasteiger partial charge < -0.3 is 5.32 Å². The lowest BCUT2D eigenvalue weighted by Gasteiger charge is -2.19. The molecule has 0 aliphatic heterocycles. The van der Waals surface area contributed by atoms with Crippen LogP contribution in [-0.2, 0) is 12.8 Å². The van der Waals surface area contributed by atoms with Gasteiger partial charge in [-0.25, -0.2) is 0 Å². The Kier molecular flexibility index (Phi) is 3.64. The third kappa shape index (κ3) is 2.82. The van der Waals surface area contributed by atoms with Crippen molar-refractivity contribution in [3.05, 3.63) is 21.4 Å². The lowest BCUT2D eigenvalue weighted by atomic mass is 9.97. The number of nitrogens with one attached hydrogen (secondary N) is 1. The van der Waals surface area contributed by atoms with E-state index in [1.807, 2.05) is 0 Å². The summed E-state index contributed by atoms with van der Waals surface area (Å²) in [6, 6.07) is 3.06. The molecule has 0 aromatic carbocycles. The van der Waals surface area contributed by atoms with Gasteiger partial charge in [0.25, 0.3) is 0 Å². The number of fused-ring (bicyclic) bond motifs is 1. The van der Waals surface area contributed by atoms with E-state index in [4.69, 9.17) is 0 Å². The minimum Gasteiger partial charge on any atom is -0.309 e. The van der Waals surface area contributed by atoms with Gasteiger partial charge in [0.1, 0.15) is 0 Å². The second kappa shape index (κ2) is 5.46. The summed E-state index contributed by atoms with van der Waals surface area (Å²) >= 11 is 2.08. The van der Waals surface area contributed by atoms with Crippen LogP contribution in [0.5, 0.6) is 0 Å². The topological polar surface area (TPSA) is 12.0 Å². The Morgan fingerprint density at radius 2 is 1.85 bits per heavy atom. The molecular formula is C18H27NS. The molecule has 0 saturated heterocycles. The lowest BCUT2D eigenvalue weighted by molar-refractivity contribution is 0.363. The summed E-state index contributed by atoms with van der Waals surface area (Å²) in [4.78, 5) is 3.27. The van der Waals surface area contributed by atoms with Crippen molar-refractivity contribution >= 4 is 11.3 Å². The molecule has 2 fully saturated rings. The van der Waals surface area contributed by atoms with Gasteiger partial charge in [-0.2, -0.15) is 0 Å². The highest BCUT2D eigenvalue weighted by Crippen LogP contribution is 2.49. The van der Waals surface area contributed by atoms with Gasteiger partial charge in [-0.15, -0.1) is 11.3 Å². The molecule has 0 amide bonds. The molecule has 4 rings (SSSR count).